The summed E-state index contributed by atoms with van der Waals surface area (Å²) in [5.74, 6) is 0.0123. The molecule has 9 nitrogen and oxygen atoms in total. The van der Waals surface area contributed by atoms with Gasteiger partial charge in [-0.1, -0.05) is 26.8 Å². The van der Waals surface area contributed by atoms with Crippen LogP contribution < -0.4 is 11.4 Å². The van der Waals surface area contributed by atoms with E-state index in [4.69, 9.17) is 4.74 Å². The molecule has 1 atom stereocenters. The Bertz CT molecular complexity index is 1100. The van der Waals surface area contributed by atoms with Crippen LogP contribution in [0.5, 0.6) is 11.8 Å². The average Bonchev–Trinajstić information content (AvgIpc) is 3.37. The molecular formula is C28H48N4O5. The molecule has 0 aliphatic carbocycles. The summed E-state index contributed by atoms with van der Waals surface area (Å²) in [6.45, 7) is 16.2. The van der Waals surface area contributed by atoms with Gasteiger partial charge in [-0.25, -0.2) is 9.59 Å². The first-order valence-corrected chi connectivity index (χ1v) is 13.9. The van der Waals surface area contributed by atoms with Gasteiger partial charge in [0.05, 0.1) is 23.5 Å². The lowest BCUT2D eigenvalue weighted by atomic mass is 9.86. The van der Waals surface area contributed by atoms with E-state index in [0.717, 1.165) is 44.9 Å². The number of nitrogens with zero attached hydrogens (tertiary/aromatic N) is 4. The van der Waals surface area contributed by atoms with Crippen LogP contribution in [0.3, 0.4) is 0 Å². The molecule has 0 fully saturated rings. The second-order valence-electron chi connectivity index (χ2n) is 9.90. The van der Waals surface area contributed by atoms with Crippen LogP contribution in [0.2, 0.25) is 0 Å². The maximum Gasteiger partial charge on any atom is 0.331 e. The fraction of sp³-hybridized carbons (Fsp3) is 0.714. The number of hydrogen-bond acceptors (Lipinski definition) is 5. The van der Waals surface area contributed by atoms with Crippen LogP contribution in [-0.2, 0) is 28.9 Å². The molecular weight excluding hydrogens is 472 g/mol. The third kappa shape index (κ3) is 6.43. The summed E-state index contributed by atoms with van der Waals surface area (Å²) in [6, 6.07) is 0. The van der Waals surface area contributed by atoms with Gasteiger partial charge in [0.2, 0.25) is 11.8 Å². The predicted octanol–water partition coefficient (Wildman–Crippen LogP) is 4.93. The van der Waals surface area contributed by atoms with Gasteiger partial charge in [-0.15, -0.1) is 6.58 Å². The normalized spacial score (nSPS) is 13.6. The molecule has 210 valence electrons. The van der Waals surface area contributed by atoms with Crippen molar-refractivity contribution in [3.05, 3.63) is 46.0 Å². The molecule has 2 N–H and O–H groups in total. The van der Waals surface area contributed by atoms with Crippen LogP contribution in [0.1, 0.15) is 92.4 Å². The molecule has 0 radical (unpaired) electrons. The molecule has 0 aliphatic heterocycles. The van der Waals surface area contributed by atoms with Crippen LogP contribution in [0.4, 0.5) is 0 Å². The average molecular weight is 521 g/mol. The van der Waals surface area contributed by atoms with Gasteiger partial charge in [0, 0.05) is 26.3 Å². The number of aromatic hydroxyl groups is 2. The quantitative estimate of drug-likeness (QED) is 0.214. The van der Waals surface area contributed by atoms with Crippen molar-refractivity contribution in [1.82, 2.24) is 18.3 Å². The molecule has 0 bridgehead atoms. The Balaban J connectivity index is 1.83. The monoisotopic (exact) mass is 520 g/mol. The highest BCUT2D eigenvalue weighted by atomic mass is 16.5. The van der Waals surface area contributed by atoms with Gasteiger partial charge >= 0.3 is 11.4 Å². The van der Waals surface area contributed by atoms with E-state index in [1.165, 1.54) is 21.5 Å². The fourth-order valence-electron chi connectivity index (χ4n) is 5.49. The number of ether oxygens (including phenoxy) is 1. The molecule has 1 unspecified atom stereocenters. The minimum atomic E-state index is -0.619. The molecule has 2 heterocycles. The number of imidazole rings is 2. The number of allylic oxidation sites excluding steroid dienone is 1. The van der Waals surface area contributed by atoms with Gasteiger partial charge in [0.25, 0.3) is 0 Å². The molecule has 9 heteroatoms. The topological polar surface area (TPSA) is 104 Å². The first-order valence-electron chi connectivity index (χ1n) is 13.9. The Morgan fingerprint density at radius 1 is 0.784 bits per heavy atom. The van der Waals surface area contributed by atoms with E-state index in [1.807, 2.05) is 20.8 Å². The molecule has 2 aromatic rings. The second kappa shape index (κ2) is 13.7. The van der Waals surface area contributed by atoms with Crippen molar-refractivity contribution in [1.29, 1.82) is 0 Å². The summed E-state index contributed by atoms with van der Waals surface area (Å²) in [6.07, 6.45) is 12.0. The van der Waals surface area contributed by atoms with E-state index in [2.05, 4.69) is 20.4 Å². The molecule has 0 saturated heterocycles. The lowest BCUT2D eigenvalue weighted by Crippen LogP contribution is -2.40. The zero-order valence-corrected chi connectivity index (χ0v) is 23.5. The Kier molecular flexibility index (Phi) is 11.3. The van der Waals surface area contributed by atoms with Crippen molar-refractivity contribution in [3.8, 4) is 11.8 Å². The second-order valence-corrected chi connectivity index (χ2v) is 9.90. The van der Waals surface area contributed by atoms with E-state index in [9.17, 15) is 19.8 Å². The molecule has 0 spiro atoms. The van der Waals surface area contributed by atoms with Crippen molar-refractivity contribution in [3.63, 3.8) is 0 Å². The number of unbranched alkanes of at least 4 members (excludes halogenated alkanes) is 2. The fourth-order valence-corrected chi connectivity index (χ4v) is 5.49. The van der Waals surface area contributed by atoms with Crippen LogP contribution in [-0.4, -0.2) is 41.7 Å². The highest BCUT2D eigenvalue weighted by Gasteiger charge is 2.33. The molecule has 0 amide bonds. The van der Waals surface area contributed by atoms with Crippen molar-refractivity contribution in [2.75, 3.05) is 13.2 Å². The largest absolute Gasteiger partial charge is 0.493 e. The van der Waals surface area contributed by atoms with Gasteiger partial charge in [0.1, 0.15) is 0 Å². The van der Waals surface area contributed by atoms with Crippen molar-refractivity contribution in [2.45, 2.75) is 117 Å². The highest BCUT2D eigenvalue weighted by Crippen LogP contribution is 2.34. The third-order valence-electron chi connectivity index (χ3n) is 8.11. The highest BCUT2D eigenvalue weighted by molar-refractivity contribution is 5.15. The number of aryl methyl sites for hydroxylation is 2. The van der Waals surface area contributed by atoms with E-state index in [1.54, 1.807) is 15.2 Å². The summed E-state index contributed by atoms with van der Waals surface area (Å²) >= 11 is 0. The van der Waals surface area contributed by atoms with E-state index in [0.29, 0.717) is 39.1 Å². The summed E-state index contributed by atoms with van der Waals surface area (Å²) in [5.41, 5.74) is -1.37. The number of hydrogen-bond donors (Lipinski definition) is 2. The zero-order valence-electron chi connectivity index (χ0n) is 23.5. The van der Waals surface area contributed by atoms with E-state index in [-0.39, 0.29) is 23.1 Å². The molecule has 0 aliphatic rings. The van der Waals surface area contributed by atoms with E-state index >= 15 is 0 Å². The van der Waals surface area contributed by atoms with Crippen LogP contribution in [0.25, 0.3) is 0 Å². The lowest BCUT2D eigenvalue weighted by Gasteiger charge is -2.33. The van der Waals surface area contributed by atoms with Crippen molar-refractivity contribution in [2.24, 2.45) is 0 Å². The van der Waals surface area contributed by atoms with Crippen LogP contribution in [0.15, 0.2) is 34.6 Å². The van der Waals surface area contributed by atoms with Gasteiger partial charge in [-0.05, 0) is 71.6 Å². The summed E-state index contributed by atoms with van der Waals surface area (Å²) in [7, 11) is 0. The van der Waals surface area contributed by atoms with Gasteiger partial charge in [0.15, 0.2) is 0 Å². The lowest BCUT2D eigenvalue weighted by molar-refractivity contribution is 0.117. The number of aromatic nitrogens is 4. The minimum absolute atomic E-state index is 0.0260. The Labute approximate surface area is 221 Å². The summed E-state index contributed by atoms with van der Waals surface area (Å²) in [4.78, 5) is 25.5. The Morgan fingerprint density at radius 3 is 1.70 bits per heavy atom. The SMILES string of the molecule is C=CC(CC)(CCCCOCCCCC(CC)(CC)n1c(O)cn(CC)c1=O)n1c(O)cn(CC)c1=O. The molecule has 0 aromatic carbocycles. The zero-order chi connectivity index (χ0) is 27.6. The first-order chi connectivity index (χ1) is 17.7. The van der Waals surface area contributed by atoms with Crippen molar-refractivity contribution >= 4 is 0 Å². The first kappa shape index (κ1) is 30.5. The third-order valence-corrected chi connectivity index (χ3v) is 8.11. The Morgan fingerprint density at radius 2 is 1.27 bits per heavy atom. The smallest absolute Gasteiger partial charge is 0.331 e. The van der Waals surface area contributed by atoms with Gasteiger partial charge in [-0.3, -0.25) is 18.3 Å². The Hall–Kier alpha value is -2.68. The summed E-state index contributed by atoms with van der Waals surface area (Å²) in [5, 5.41) is 20.9. The standard InChI is InChI=1S/C28H48N4O5/c1-7-27(8-2,31-23(33)21-29(11-5)25(31)35)17-13-15-19-37-20-16-14-18-28(9-3,10-4)32-24(34)22-30(12-6)26(32)36/h7,21-22,33-34H,1,8-20H2,2-6H3. The van der Waals surface area contributed by atoms with Gasteiger partial charge < -0.3 is 14.9 Å². The van der Waals surface area contributed by atoms with E-state index < -0.39 is 11.1 Å². The summed E-state index contributed by atoms with van der Waals surface area (Å²) < 4.78 is 12.0. The van der Waals surface area contributed by atoms with Crippen LogP contribution in [0, 0.1) is 0 Å². The van der Waals surface area contributed by atoms with Crippen molar-refractivity contribution < 1.29 is 14.9 Å². The number of rotatable bonds is 18. The molecule has 37 heavy (non-hydrogen) atoms. The maximum absolute atomic E-state index is 12.8. The van der Waals surface area contributed by atoms with Crippen LogP contribution >= 0.6 is 0 Å². The molecule has 2 aromatic heterocycles. The molecule has 2 rings (SSSR count). The maximum atomic E-state index is 12.8. The predicted molar refractivity (Wildman–Crippen MR) is 148 cm³/mol. The van der Waals surface area contributed by atoms with Gasteiger partial charge in [-0.2, -0.15) is 0 Å². The molecule has 0 saturated carbocycles. The minimum Gasteiger partial charge on any atom is -0.493 e.